The number of ether oxygens (including phenoxy) is 2. The zero-order valence-electron chi connectivity index (χ0n) is 43.6. The first kappa shape index (κ1) is 54.7. The number of hydrogen-bond donors (Lipinski definition) is 0. The normalized spacial score (nSPS) is 19.9. The zero-order valence-corrected chi connectivity index (χ0v) is 47.6. The Labute approximate surface area is 397 Å². The van der Waals surface area contributed by atoms with Crippen molar-refractivity contribution in [1.29, 1.82) is 0 Å². The van der Waals surface area contributed by atoms with Crippen molar-refractivity contribution in [1.82, 2.24) is 0 Å². The largest absolute Gasteiger partial charge is 0.414 e. The van der Waals surface area contributed by atoms with Gasteiger partial charge in [-0.1, -0.05) is 192 Å². The molecule has 0 saturated carbocycles. The van der Waals surface area contributed by atoms with E-state index in [2.05, 4.69) is 200 Å². The highest BCUT2D eigenvalue weighted by Gasteiger charge is 2.54. The van der Waals surface area contributed by atoms with Crippen LogP contribution in [0.2, 0.25) is 67.0 Å². The third kappa shape index (κ3) is 14.5. The van der Waals surface area contributed by atoms with Crippen molar-refractivity contribution in [3.8, 4) is 0 Å². The summed E-state index contributed by atoms with van der Waals surface area (Å²) in [6.07, 6.45) is 3.91. The van der Waals surface area contributed by atoms with Gasteiger partial charge in [0.2, 0.25) is 0 Å². The second kappa shape index (κ2) is 22.9. The van der Waals surface area contributed by atoms with Crippen molar-refractivity contribution in [2.45, 2.75) is 212 Å². The van der Waals surface area contributed by atoms with Gasteiger partial charge in [0.05, 0.1) is 37.1 Å². The molecule has 0 N–H and O–H groups in total. The van der Waals surface area contributed by atoms with Gasteiger partial charge in [0.1, 0.15) is 0 Å². The Balaban J connectivity index is 1.82. The van der Waals surface area contributed by atoms with Gasteiger partial charge in [-0.05, 0) is 95.4 Å². The molecule has 64 heavy (non-hydrogen) atoms. The van der Waals surface area contributed by atoms with Crippen LogP contribution in [0, 0.1) is 5.41 Å². The maximum absolute atomic E-state index is 8.02. The summed E-state index contributed by atoms with van der Waals surface area (Å²) in [5.41, 5.74) is 2.28. The zero-order chi connectivity index (χ0) is 47.6. The minimum Gasteiger partial charge on any atom is -0.414 e. The van der Waals surface area contributed by atoms with E-state index in [1.165, 1.54) is 21.5 Å². The van der Waals surface area contributed by atoms with Crippen molar-refractivity contribution in [2.24, 2.45) is 5.41 Å². The SMILES string of the molecule is C=C(C[C@@H](C[C@@H]1O[C@H](C[C@H](CCOCc2ccccc2)O[Si](c2ccccc2)(c2ccccc2)C(C)(C)C)C[C@H](O[Si](C)(C)C(C)(C)C)C1(C)C)O[Si](CC)(CC)CC)C[Si](C)(C)C. The van der Waals surface area contributed by atoms with E-state index in [0.29, 0.717) is 13.2 Å². The number of hydrogen-bond acceptors (Lipinski definition) is 5. The average Bonchev–Trinajstić information content (AvgIpc) is 3.21. The molecule has 1 aliphatic heterocycles. The van der Waals surface area contributed by atoms with Gasteiger partial charge < -0.3 is 22.8 Å². The van der Waals surface area contributed by atoms with Crippen LogP contribution in [0.5, 0.6) is 0 Å². The van der Waals surface area contributed by atoms with Crippen LogP contribution >= 0.6 is 0 Å². The molecule has 358 valence electrons. The molecule has 1 fully saturated rings. The molecule has 0 radical (unpaired) electrons. The monoisotopic (exact) mass is 945 g/mol. The molecule has 9 heteroatoms. The third-order valence-corrected chi connectivity index (χ3v) is 30.7. The summed E-state index contributed by atoms with van der Waals surface area (Å²) in [5.74, 6) is 0. The molecule has 1 aliphatic rings. The molecule has 3 aromatic rings. The summed E-state index contributed by atoms with van der Waals surface area (Å²) >= 11 is 0. The molecular weight excluding hydrogens is 853 g/mol. The molecule has 0 spiro atoms. The topological polar surface area (TPSA) is 46.2 Å². The summed E-state index contributed by atoms with van der Waals surface area (Å²) in [6, 6.07) is 37.2. The lowest BCUT2D eigenvalue weighted by Gasteiger charge is -2.53. The average molecular weight is 946 g/mol. The van der Waals surface area contributed by atoms with Crippen LogP contribution in [0.4, 0.5) is 0 Å². The van der Waals surface area contributed by atoms with Crippen LogP contribution in [0.25, 0.3) is 0 Å². The highest BCUT2D eigenvalue weighted by Crippen LogP contribution is 2.48. The highest BCUT2D eigenvalue weighted by molar-refractivity contribution is 6.99. The maximum Gasteiger partial charge on any atom is 0.261 e. The predicted molar refractivity (Wildman–Crippen MR) is 286 cm³/mol. The molecule has 3 aromatic carbocycles. The summed E-state index contributed by atoms with van der Waals surface area (Å²) in [5, 5.41) is 2.50. The van der Waals surface area contributed by atoms with E-state index in [1.807, 2.05) is 0 Å². The lowest BCUT2D eigenvalue weighted by molar-refractivity contribution is -0.184. The van der Waals surface area contributed by atoms with Gasteiger partial charge in [-0.3, -0.25) is 0 Å². The van der Waals surface area contributed by atoms with Crippen molar-refractivity contribution in [3.63, 3.8) is 0 Å². The summed E-state index contributed by atoms with van der Waals surface area (Å²) in [6.45, 7) is 44.2. The Kier molecular flexibility index (Phi) is 19.6. The fraction of sp³-hybridized carbons (Fsp3) is 0.636. The van der Waals surface area contributed by atoms with Crippen molar-refractivity contribution in [2.75, 3.05) is 6.61 Å². The smallest absolute Gasteiger partial charge is 0.261 e. The van der Waals surface area contributed by atoms with Crippen LogP contribution in [-0.4, -0.2) is 70.2 Å². The van der Waals surface area contributed by atoms with Crippen LogP contribution in [0.3, 0.4) is 0 Å². The van der Waals surface area contributed by atoms with Gasteiger partial charge in [0, 0.05) is 20.1 Å². The Morgan fingerprint density at radius 3 is 1.70 bits per heavy atom. The van der Waals surface area contributed by atoms with Crippen molar-refractivity contribution < 1.29 is 22.8 Å². The van der Waals surface area contributed by atoms with E-state index in [-0.39, 0.29) is 46.0 Å². The van der Waals surface area contributed by atoms with E-state index in [1.54, 1.807) is 0 Å². The molecule has 0 aliphatic carbocycles. The van der Waals surface area contributed by atoms with E-state index in [4.69, 9.17) is 29.3 Å². The van der Waals surface area contributed by atoms with Gasteiger partial charge in [-0.2, -0.15) is 0 Å². The van der Waals surface area contributed by atoms with Crippen molar-refractivity contribution in [3.05, 3.63) is 109 Å². The lowest BCUT2D eigenvalue weighted by Crippen LogP contribution is -2.68. The Bertz CT molecular complexity index is 1780. The Morgan fingerprint density at radius 2 is 1.23 bits per heavy atom. The van der Waals surface area contributed by atoms with E-state index in [0.717, 1.165) is 56.3 Å². The van der Waals surface area contributed by atoms with Gasteiger partial charge in [0.25, 0.3) is 8.32 Å². The maximum atomic E-state index is 8.02. The van der Waals surface area contributed by atoms with Gasteiger partial charge in [-0.15, -0.1) is 6.58 Å². The molecule has 0 amide bonds. The predicted octanol–water partition coefficient (Wildman–Crippen LogP) is 14.6. The summed E-state index contributed by atoms with van der Waals surface area (Å²) in [7, 11) is -8.40. The van der Waals surface area contributed by atoms with Crippen LogP contribution in [0.1, 0.15) is 114 Å². The summed E-state index contributed by atoms with van der Waals surface area (Å²) < 4.78 is 37.2. The van der Waals surface area contributed by atoms with Gasteiger partial charge in [-0.25, -0.2) is 0 Å². The van der Waals surface area contributed by atoms with Gasteiger partial charge >= 0.3 is 0 Å². The fourth-order valence-corrected chi connectivity index (χ4v) is 20.5. The first-order chi connectivity index (χ1) is 29.8. The lowest BCUT2D eigenvalue weighted by atomic mass is 9.73. The molecule has 0 unspecified atom stereocenters. The molecule has 1 saturated heterocycles. The Hall–Kier alpha value is -1.93. The first-order valence-electron chi connectivity index (χ1n) is 24.9. The molecule has 0 bridgehead atoms. The molecule has 5 atom stereocenters. The van der Waals surface area contributed by atoms with Crippen molar-refractivity contribution >= 4 is 43.4 Å². The number of benzene rings is 3. The second-order valence-electron chi connectivity index (χ2n) is 23.5. The first-order valence-corrected chi connectivity index (χ1v) is 35.9. The standard InChI is InChI=1S/C55H92O5Si4/c1-18-63(19-2,20-3)58-48(38-44(4)43-61(13,14)15)41-51-55(11,12)52(60-62(16,17)53(5,6)7)40-47(57-51)39-46(36-37-56-42-45-30-24-21-25-31-45)59-64(54(8,9)10,49-32-26-22-27-33-49)50-34-28-23-29-35-50/h21-35,46-48,51-52H,4,18-20,36-43H2,1-3,5-17H3/t46-,47+,48-,51-,52-/m0/s1. The highest BCUT2D eigenvalue weighted by atomic mass is 28.4. The molecule has 1 heterocycles. The molecule has 5 nitrogen and oxygen atoms in total. The second-order valence-corrected chi connectivity index (χ2v) is 42.8. The third-order valence-electron chi connectivity index (χ3n) is 14.8. The summed E-state index contributed by atoms with van der Waals surface area (Å²) in [4.78, 5) is 0. The van der Waals surface area contributed by atoms with Crippen LogP contribution in [-0.2, 0) is 29.4 Å². The van der Waals surface area contributed by atoms with Gasteiger partial charge in [0.15, 0.2) is 16.6 Å². The minimum absolute atomic E-state index is 0.0244. The molecular formula is C55H92O5Si4. The quantitative estimate of drug-likeness (QED) is 0.0509. The molecule has 0 aromatic heterocycles. The fourth-order valence-electron chi connectivity index (χ4n) is 9.80. The number of rotatable bonds is 24. The van der Waals surface area contributed by atoms with Crippen LogP contribution < -0.4 is 10.4 Å². The molecule has 4 rings (SSSR count). The Morgan fingerprint density at radius 1 is 0.719 bits per heavy atom. The van der Waals surface area contributed by atoms with E-state index in [9.17, 15) is 0 Å². The minimum atomic E-state index is -2.91. The van der Waals surface area contributed by atoms with Crippen LogP contribution in [0.15, 0.2) is 103 Å². The van der Waals surface area contributed by atoms with E-state index < -0.39 is 33.0 Å². The van der Waals surface area contributed by atoms with E-state index >= 15 is 0 Å².